The van der Waals surface area contributed by atoms with Crippen LogP contribution < -0.4 is 5.32 Å². The minimum Gasteiger partial charge on any atom is -0.350 e. The highest BCUT2D eigenvalue weighted by Crippen LogP contribution is 2.29. The van der Waals surface area contributed by atoms with Crippen LogP contribution in [0.4, 0.5) is 0 Å². The number of rotatable bonds is 4. The molecule has 2 aliphatic rings. The molecular weight excluding hydrogens is 306 g/mol. The Morgan fingerprint density at radius 2 is 2.04 bits per heavy atom. The molecule has 0 unspecified atom stereocenters. The van der Waals surface area contributed by atoms with E-state index in [1.165, 1.54) is 6.33 Å². The normalized spacial score (nSPS) is 17.5. The van der Waals surface area contributed by atoms with Crippen LogP contribution in [0.15, 0.2) is 30.9 Å². The number of amides is 2. The van der Waals surface area contributed by atoms with Crippen molar-refractivity contribution >= 4 is 11.8 Å². The van der Waals surface area contributed by atoms with Gasteiger partial charge in [-0.3, -0.25) is 9.59 Å². The molecule has 2 amide bonds. The van der Waals surface area contributed by atoms with Gasteiger partial charge in [0.1, 0.15) is 12.7 Å². The van der Waals surface area contributed by atoms with E-state index in [4.69, 9.17) is 0 Å². The molecule has 1 aromatic heterocycles. The van der Waals surface area contributed by atoms with E-state index in [1.807, 2.05) is 25.1 Å². The summed E-state index contributed by atoms with van der Waals surface area (Å²) in [6.07, 6.45) is 5.10. The van der Waals surface area contributed by atoms with Crippen LogP contribution in [0.1, 0.15) is 28.8 Å². The molecule has 0 radical (unpaired) electrons. The van der Waals surface area contributed by atoms with Crippen molar-refractivity contribution in [2.75, 3.05) is 13.1 Å². The third-order valence-corrected chi connectivity index (χ3v) is 4.59. The number of aryl methyl sites for hydroxylation is 1. The van der Waals surface area contributed by atoms with Gasteiger partial charge in [-0.2, -0.15) is 5.10 Å². The molecule has 0 bridgehead atoms. The summed E-state index contributed by atoms with van der Waals surface area (Å²) in [6, 6.07) is 5.71. The zero-order chi connectivity index (χ0) is 16.7. The molecule has 124 valence electrons. The first-order chi connectivity index (χ1) is 11.6. The Morgan fingerprint density at radius 1 is 1.25 bits per heavy atom. The lowest BCUT2D eigenvalue weighted by molar-refractivity contribution is -0.123. The Balaban J connectivity index is 1.39. The van der Waals surface area contributed by atoms with Crippen LogP contribution in [0.2, 0.25) is 0 Å². The topological polar surface area (TPSA) is 80.1 Å². The monoisotopic (exact) mass is 325 g/mol. The van der Waals surface area contributed by atoms with E-state index in [2.05, 4.69) is 15.4 Å². The molecular formula is C17H19N5O2. The Morgan fingerprint density at radius 3 is 2.67 bits per heavy atom. The Labute approximate surface area is 139 Å². The molecule has 1 saturated heterocycles. The van der Waals surface area contributed by atoms with E-state index in [1.54, 1.807) is 15.9 Å². The Hall–Kier alpha value is -2.70. The van der Waals surface area contributed by atoms with E-state index in [0.29, 0.717) is 18.7 Å². The van der Waals surface area contributed by atoms with Gasteiger partial charge in [0, 0.05) is 24.6 Å². The van der Waals surface area contributed by atoms with Crippen molar-refractivity contribution in [3.63, 3.8) is 0 Å². The third-order valence-electron chi connectivity index (χ3n) is 4.59. The van der Waals surface area contributed by atoms with Gasteiger partial charge >= 0.3 is 0 Å². The van der Waals surface area contributed by atoms with Crippen LogP contribution in [0.3, 0.4) is 0 Å². The molecule has 1 N–H and O–H groups in total. The molecule has 2 aromatic rings. The van der Waals surface area contributed by atoms with Gasteiger partial charge in [0.15, 0.2) is 0 Å². The fourth-order valence-electron chi connectivity index (χ4n) is 2.94. The van der Waals surface area contributed by atoms with Gasteiger partial charge in [-0.05, 0) is 43.5 Å². The molecule has 24 heavy (non-hydrogen) atoms. The van der Waals surface area contributed by atoms with Crippen LogP contribution in [0, 0.1) is 12.8 Å². The molecule has 0 spiro atoms. The number of nitrogens with one attached hydrogen (secondary N) is 1. The molecule has 2 fully saturated rings. The summed E-state index contributed by atoms with van der Waals surface area (Å²) >= 11 is 0. The number of likely N-dealkylation sites (tertiary alicyclic amines) is 1. The lowest BCUT2D eigenvalue weighted by atomic mass is 10.0. The maximum absolute atomic E-state index is 12.6. The van der Waals surface area contributed by atoms with Gasteiger partial charge in [0.2, 0.25) is 5.91 Å². The predicted octanol–water partition coefficient (Wildman–Crippen LogP) is 0.926. The summed E-state index contributed by atoms with van der Waals surface area (Å²) in [5, 5.41) is 7.10. The Kier molecular flexibility index (Phi) is 3.55. The molecule has 1 saturated carbocycles. The fourth-order valence-corrected chi connectivity index (χ4v) is 2.94. The van der Waals surface area contributed by atoms with Gasteiger partial charge in [-0.25, -0.2) is 9.67 Å². The van der Waals surface area contributed by atoms with Crippen LogP contribution in [-0.4, -0.2) is 50.6 Å². The molecule has 1 aliphatic carbocycles. The van der Waals surface area contributed by atoms with Crippen molar-refractivity contribution < 1.29 is 9.59 Å². The van der Waals surface area contributed by atoms with Gasteiger partial charge in [0.25, 0.3) is 5.91 Å². The molecule has 7 heteroatoms. The first-order valence-electron chi connectivity index (χ1n) is 8.17. The molecule has 7 nitrogen and oxygen atoms in total. The zero-order valence-corrected chi connectivity index (χ0v) is 13.5. The second-order valence-corrected chi connectivity index (χ2v) is 6.53. The SMILES string of the molecule is Cc1cc(-n2cncn2)ccc1C(=O)N1CC(NC(=O)C2CC2)C1. The van der Waals surface area contributed by atoms with Crippen molar-refractivity contribution in [1.29, 1.82) is 0 Å². The average molecular weight is 325 g/mol. The number of aromatic nitrogens is 3. The minimum absolute atomic E-state index is 0.00885. The first-order valence-corrected chi connectivity index (χ1v) is 8.17. The van der Waals surface area contributed by atoms with Gasteiger partial charge in [0.05, 0.1) is 11.7 Å². The molecule has 2 heterocycles. The van der Waals surface area contributed by atoms with Crippen LogP contribution in [0.25, 0.3) is 5.69 Å². The quantitative estimate of drug-likeness (QED) is 0.907. The van der Waals surface area contributed by atoms with E-state index in [9.17, 15) is 9.59 Å². The largest absolute Gasteiger partial charge is 0.350 e. The van der Waals surface area contributed by atoms with E-state index < -0.39 is 0 Å². The van der Waals surface area contributed by atoms with Gasteiger partial charge < -0.3 is 10.2 Å². The number of hydrogen-bond acceptors (Lipinski definition) is 4. The number of nitrogens with zero attached hydrogens (tertiary/aromatic N) is 4. The number of benzene rings is 1. The van der Waals surface area contributed by atoms with Gasteiger partial charge in [-0.15, -0.1) is 0 Å². The average Bonchev–Trinajstić information content (AvgIpc) is 3.24. The van der Waals surface area contributed by atoms with E-state index in [-0.39, 0.29) is 23.8 Å². The number of carbonyl (C=O) groups excluding carboxylic acids is 2. The maximum Gasteiger partial charge on any atom is 0.254 e. The number of carbonyl (C=O) groups is 2. The Bertz CT molecular complexity index is 776. The second kappa shape index (κ2) is 5.74. The van der Waals surface area contributed by atoms with E-state index in [0.717, 1.165) is 24.1 Å². The van der Waals surface area contributed by atoms with Crippen molar-refractivity contribution in [3.8, 4) is 5.69 Å². The van der Waals surface area contributed by atoms with Crippen LogP contribution in [0.5, 0.6) is 0 Å². The predicted molar refractivity (Wildman–Crippen MR) is 86.7 cm³/mol. The smallest absolute Gasteiger partial charge is 0.254 e. The highest BCUT2D eigenvalue weighted by Gasteiger charge is 2.36. The summed E-state index contributed by atoms with van der Waals surface area (Å²) in [4.78, 5) is 30.0. The summed E-state index contributed by atoms with van der Waals surface area (Å²) in [7, 11) is 0. The third kappa shape index (κ3) is 2.77. The highest BCUT2D eigenvalue weighted by molar-refractivity contribution is 5.96. The molecule has 0 atom stereocenters. The second-order valence-electron chi connectivity index (χ2n) is 6.53. The summed E-state index contributed by atoms with van der Waals surface area (Å²) in [5.74, 6) is 0.358. The molecule has 1 aromatic carbocycles. The van der Waals surface area contributed by atoms with Crippen molar-refractivity contribution in [2.45, 2.75) is 25.8 Å². The minimum atomic E-state index is 0.00885. The number of hydrogen-bond donors (Lipinski definition) is 1. The van der Waals surface area contributed by atoms with Gasteiger partial charge in [-0.1, -0.05) is 0 Å². The lowest BCUT2D eigenvalue weighted by Crippen LogP contribution is -2.61. The summed E-state index contributed by atoms with van der Waals surface area (Å²) in [6.45, 7) is 3.09. The van der Waals surface area contributed by atoms with Crippen LogP contribution in [-0.2, 0) is 4.79 Å². The van der Waals surface area contributed by atoms with Crippen molar-refractivity contribution in [2.24, 2.45) is 5.92 Å². The fraction of sp³-hybridized carbons (Fsp3) is 0.412. The lowest BCUT2D eigenvalue weighted by Gasteiger charge is -2.39. The first kappa shape index (κ1) is 14.9. The zero-order valence-electron chi connectivity index (χ0n) is 13.5. The van der Waals surface area contributed by atoms with Crippen LogP contribution >= 0.6 is 0 Å². The van der Waals surface area contributed by atoms with E-state index >= 15 is 0 Å². The summed E-state index contributed by atoms with van der Waals surface area (Å²) in [5.41, 5.74) is 2.46. The molecule has 4 rings (SSSR count). The standard InChI is InChI=1S/C17H19N5O2/c1-11-6-14(22-10-18-9-19-22)4-5-15(11)17(24)21-7-13(8-21)20-16(23)12-2-3-12/h4-6,9-10,12-13H,2-3,7-8H2,1H3,(H,20,23). The highest BCUT2D eigenvalue weighted by atomic mass is 16.2. The van der Waals surface area contributed by atoms with Crippen molar-refractivity contribution in [3.05, 3.63) is 42.0 Å². The molecule has 1 aliphatic heterocycles. The van der Waals surface area contributed by atoms with Crippen molar-refractivity contribution in [1.82, 2.24) is 25.0 Å². The summed E-state index contributed by atoms with van der Waals surface area (Å²) < 4.78 is 1.66. The maximum atomic E-state index is 12.6.